The molecular formula is C13H19N3O2. The fourth-order valence-electron chi connectivity index (χ4n) is 1.40. The Kier molecular flexibility index (Phi) is 5.05. The van der Waals surface area contributed by atoms with E-state index < -0.39 is 0 Å². The van der Waals surface area contributed by atoms with Gasteiger partial charge < -0.3 is 15.9 Å². The second-order valence-electron chi connectivity index (χ2n) is 3.85. The second-order valence-corrected chi connectivity index (χ2v) is 3.85. The molecule has 0 saturated carbocycles. The summed E-state index contributed by atoms with van der Waals surface area (Å²) in [6, 6.07) is 7.45. The van der Waals surface area contributed by atoms with Crippen LogP contribution in [0.15, 0.2) is 29.4 Å². The predicted octanol–water partition coefficient (Wildman–Crippen LogP) is 1.27. The van der Waals surface area contributed by atoms with E-state index in [2.05, 4.69) is 10.4 Å². The van der Waals surface area contributed by atoms with Gasteiger partial charge in [0.1, 0.15) is 5.75 Å². The standard InChI is InChI=1S/C13H19N3O2/c1-10(16-14)11-5-7-12(8-6-11)18-9-3-4-13(17)15-2/h5-8H,3-4,9,14H2,1-2H3,(H,15,17)/b16-10+/i/hD. The van der Waals surface area contributed by atoms with Crippen molar-refractivity contribution in [1.82, 2.24) is 5.32 Å². The van der Waals surface area contributed by atoms with E-state index in [0.717, 1.165) is 17.0 Å². The van der Waals surface area contributed by atoms with Crippen molar-refractivity contribution in [1.29, 1.82) is 0 Å². The van der Waals surface area contributed by atoms with Crippen LogP contribution in [0.3, 0.4) is 0 Å². The minimum atomic E-state index is 0.0219. The third-order valence-electron chi connectivity index (χ3n) is 2.54. The topological polar surface area (TPSA) is 76.7 Å². The average molecular weight is 250 g/mol. The number of nitrogens with two attached hydrogens (primary N) is 1. The summed E-state index contributed by atoms with van der Waals surface area (Å²) in [5, 5.41) is 6.34. The average Bonchev–Trinajstić information content (AvgIpc) is 2.44. The van der Waals surface area contributed by atoms with Crippen LogP contribution in [0.2, 0.25) is 1.41 Å². The highest BCUT2D eigenvalue weighted by Crippen LogP contribution is 2.13. The molecule has 0 bridgehead atoms. The normalized spacial score (nSPS) is 11.7. The van der Waals surface area contributed by atoms with Crippen molar-refractivity contribution < 1.29 is 10.9 Å². The lowest BCUT2D eigenvalue weighted by Gasteiger charge is -2.06. The van der Waals surface area contributed by atoms with E-state index >= 15 is 0 Å². The van der Waals surface area contributed by atoms with Crippen LogP contribution in [0, 0.1) is 0 Å². The molecule has 0 fully saturated rings. The summed E-state index contributed by atoms with van der Waals surface area (Å²) in [6.45, 7) is 2.33. The van der Waals surface area contributed by atoms with Crippen molar-refractivity contribution in [2.24, 2.45) is 10.9 Å². The number of amides is 1. The van der Waals surface area contributed by atoms with E-state index in [9.17, 15) is 4.79 Å². The lowest BCUT2D eigenvalue weighted by atomic mass is 10.1. The molecule has 1 aromatic carbocycles. The molecule has 5 heteroatoms. The molecule has 1 aromatic rings. The summed E-state index contributed by atoms with van der Waals surface area (Å²) >= 11 is 0. The maximum absolute atomic E-state index is 11.0. The number of nitrogens with zero attached hydrogens (tertiary/aromatic N) is 1. The molecule has 0 radical (unpaired) electrons. The molecule has 0 aromatic heterocycles. The number of hydrogen-bond donors (Lipinski definition) is 2. The zero-order valence-electron chi connectivity index (χ0n) is 11.7. The van der Waals surface area contributed by atoms with Gasteiger partial charge in [-0.15, -0.1) is 0 Å². The quantitative estimate of drug-likeness (QED) is 0.331. The van der Waals surface area contributed by atoms with Crippen molar-refractivity contribution in [2.75, 3.05) is 13.7 Å². The number of carbonyl (C=O) groups excluding carboxylic acids is 1. The lowest BCUT2D eigenvalue weighted by molar-refractivity contribution is -0.120. The summed E-state index contributed by atoms with van der Waals surface area (Å²) in [5.74, 6) is 2.79. The Morgan fingerprint density at radius 2 is 2.22 bits per heavy atom. The minimum Gasteiger partial charge on any atom is -0.494 e. The minimum absolute atomic E-state index is 0.0219. The van der Waals surface area contributed by atoms with Gasteiger partial charge in [-0.05, 0) is 43.2 Å². The van der Waals surface area contributed by atoms with Gasteiger partial charge in [-0.1, -0.05) is 0 Å². The van der Waals surface area contributed by atoms with Gasteiger partial charge in [-0.25, -0.2) is 0 Å². The van der Waals surface area contributed by atoms with E-state index in [-0.39, 0.29) is 5.91 Å². The first-order valence-electron chi connectivity index (χ1n) is 6.32. The molecule has 0 atom stereocenters. The van der Waals surface area contributed by atoms with E-state index in [1.807, 2.05) is 37.0 Å². The van der Waals surface area contributed by atoms with E-state index in [1.165, 1.54) is 0 Å². The van der Waals surface area contributed by atoms with Gasteiger partial charge in [0.15, 0.2) is 1.41 Å². The third kappa shape index (κ3) is 4.45. The first-order chi connectivity index (χ1) is 9.17. The highest BCUT2D eigenvalue weighted by Gasteiger charge is 2.00. The monoisotopic (exact) mass is 250 g/mol. The SMILES string of the molecule is [2H]N/N=C(\C)c1ccc(OCCCC(=O)NC)cc1. The number of nitrogens with one attached hydrogen (secondary N) is 1. The van der Waals surface area contributed by atoms with Gasteiger partial charge in [-0.3, -0.25) is 4.79 Å². The molecule has 98 valence electrons. The molecular weight excluding hydrogens is 230 g/mol. The maximum atomic E-state index is 11.0. The Labute approximate surface area is 108 Å². The van der Waals surface area contributed by atoms with Crippen molar-refractivity contribution >= 4 is 11.6 Å². The van der Waals surface area contributed by atoms with Gasteiger partial charge in [0.25, 0.3) is 0 Å². The Morgan fingerprint density at radius 3 is 2.83 bits per heavy atom. The summed E-state index contributed by atoms with van der Waals surface area (Å²) in [6.07, 6.45) is 1.15. The van der Waals surface area contributed by atoms with Crippen LogP contribution >= 0.6 is 0 Å². The molecule has 0 aliphatic heterocycles. The lowest BCUT2D eigenvalue weighted by Crippen LogP contribution is -2.18. The number of benzene rings is 1. The van der Waals surface area contributed by atoms with Gasteiger partial charge in [-0.2, -0.15) is 5.10 Å². The van der Waals surface area contributed by atoms with Gasteiger partial charge in [0.2, 0.25) is 5.91 Å². The molecule has 5 nitrogen and oxygen atoms in total. The van der Waals surface area contributed by atoms with Crippen LogP contribution in [0.1, 0.15) is 25.3 Å². The fourth-order valence-corrected chi connectivity index (χ4v) is 1.40. The summed E-state index contributed by atoms with van der Waals surface area (Å²) in [5.41, 5.74) is 1.67. The number of rotatable bonds is 7. The Balaban J connectivity index is 2.40. The molecule has 3 N–H and O–H groups in total. The molecule has 0 aliphatic carbocycles. The van der Waals surface area contributed by atoms with Crippen LogP contribution in [0.4, 0.5) is 0 Å². The first kappa shape index (κ1) is 12.4. The Morgan fingerprint density at radius 1 is 1.50 bits per heavy atom. The highest BCUT2D eigenvalue weighted by atomic mass is 16.5. The summed E-state index contributed by atoms with van der Waals surface area (Å²) < 4.78 is 12.3. The Hall–Kier alpha value is -2.04. The number of ether oxygens (including phenoxy) is 1. The molecule has 0 saturated heterocycles. The van der Waals surface area contributed by atoms with Crippen LogP contribution in [0.25, 0.3) is 0 Å². The van der Waals surface area contributed by atoms with Crippen molar-refractivity contribution in [3.8, 4) is 5.75 Å². The number of hydrazone groups is 1. The maximum Gasteiger partial charge on any atom is 0.219 e. The summed E-state index contributed by atoms with van der Waals surface area (Å²) in [7, 11) is 1.62. The molecule has 1 rings (SSSR count). The zero-order valence-corrected chi connectivity index (χ0v) is 10.7. The smallest absolute Gasteiger partial charge is 0.219 e. The molecule has 0 unspecified atom stereocenters. The van der Waals surface area contributed by atoms with Crippen LogP contribution in [-0.2, 0) is 4.79 Å². The molecule has 0 spiro atoms. The molecule has 18 heavy (non-hydrogen) atoms. The van der Waals surface area contributed by atoms with Crippen molar-refractivity contribution in [3.63, 3.8) is 0 Å². The first-order valence-corrected chi connectivity index (χ1v) is 5.82. The van der Waals surface area contributed by atoms with Crippen LogP contribution < -0.4 is 15.9 Å². The Bertz CT molecular complexity index is 432. The molecule has 0 heterocycles. The molecule has 1 amide bonds. The number of carbonyl (C=O) groups is 1. The van der Waals surface area contributed by atoms with Gasteiger partial charge >= 0.3 is 0 Å². The van der Waals surface area contributed by atoms with Gasteiger partial charge in [0, 0.05) is 13.5 Å². The van der Waals surface area contributed by atoms with Gasteiger partial charge in [0.05, 0.1) is 12.3 Å². The zero-order chi connectivity index (χ0) is 14.1. The fraction of sp³-hybridized carbons (Fsp3) is 0.385. The van der Waals surface area contributed by atoms with Crippen LogP contribution in [-0.4, -0.2) is 25.3 Å². The highest BCUT2D eigenvalue weighted by molar-refractivity contribution is 5.98. The summed E-state index contributed by atoms with van der Waals surface area (Å²) in [4.78, 5) is 11.0. The van der Waals surface area contributed by atoms with E-state index in [0.29, 0.717) is 19.4 Å². The third-order valence-corrected chi connectivity index (χ3v) is 2.54. The largest absolute Gasteiger partial charge is 0.494 e. The van der Waals surface area contributed by atoms with E-state index in [4.69, 9.17) is 6.15 Å². The molecule has 0 aliphatic rings. The van der Waals surface area contributed by atoms with Crippen molar-refractivity contribution in [3.05, 3.63) is 29.8 Å². The second kappa shape index (κ2) is 7.32. The predicted molar refractivity (Wildman–Crippen MR) is 71.6 cm³/mol. The van der Waals surface area contributed by atoms with Crippen molar-refractivity contribution in [2.45, 2.75) is 19.8 Å². The van der Waals surface area contributed by atoms with E-state index in [1.54, 1.807) is 7.05 Å². The number of hydrogen-bond acceptors (Lipinski definition) is 4. The van der Waals surface area contributed by atoms with Crippen LogP contribution in [0.5, 0.6) is 5.75 Å².